The van der Waals surface area contributed by atoms with Gasteiger partial charge in [0.15, 0.2) is 0 Å². The van der Waals surface area contributed by atoms with Gasteiger partial charge in [0.2, 0.25) is 0 Å². The number of nitrogens with zero attached hydrogens (tertiary/aromatic N) is 1. The Bertz CT molecular complexity index is 599. The van der Waals surface area contributed by atoms with Crippen molar-refractivity contribution >= 4 is 23.2 Å². The molecule has 1 atom stereocenters. The summed E-state index contributed by atoms with van der Waals surface area (Å²) in [7, 11) is 0. The quantitative estimate of drug-likeness (QED) is 0.811. The number of halogens is 2. The third-order valence-corrected chi connectivity index (χ3v) is 4.37. The lowest BCUT2D eigenvalue weighted by Gasteiger charge is -2.21. The van der Waals surface area contributed by atoms with Crippen LogP contribution >= 0.6 is 23.2 Å². The van der Waals surface area contributed by atoms with Gasteiger partial charge in [-0.2, -0.15) is 0 Å². The van der Waals surface area contributed by atoms with Crippen LogP contribution < -0.4 is 5.32 Å². The summed E-state index contributed by atoms with van der Waals surface area (Å²) < 4.78 is 0. The van der Waals surface area contributed by atoms with Crippen molar-refractivity contribution in [2.24, 2.45) is 0 Å². The summed E-state index contributed by atoms with van der Waals surface area (Å²) >= 11 is 12.7. The van der Waals surface area contributed by atoms with Crippen molar-refractivity contribution in [1.82, 2.24) is 10.3 Å². The van der Waals surface area contributed by atoms with Crippen LogP contribution in [-0.4, -0.2) is 11.5 Å². The van der Waals surface area contributed by atoms with E-state index in [0.717, 1.165) is 41.1 Å². The van der Waals surface area contributed by atoms with Crippen molar-refractivity contribution in [2.45, 2.75) is 32.7 Å². The van der Waals surface area contributed by atoms with Crippen LogP contribution in [0, 0.1) is 6.92 Å². The molecular formula is C17H20Cl2N2. The number of benzene rings is 1. The molecule has 2 nitrogen and oxygen atoms in total. The average Bonchev–Trinajstić information content (AvgIpc) is 2.48. The van der Waals surface area contributed by atoms with E-state index in [-0.39, 0.29) is 6.04 Å². The second-order valence-electron chi connectivity index (χ2n) is 5.16. The molecule has 0 saturated heterocycles. The first-order valence-corrected chi connectivity index (χ1v) is 7.95. The summed E-state index contributed by atoms with van der Waals surface area (Å²) in [5.74, 6) is 0. The third kappa shape index (κ3) is 4.19. The second kappa shape index (κ2) is 7.79. The maximum atomic E-state index is 6.49. The molecule has 0 aliphatic rings. The lowest BCUT2D eigenvalue weighted by Crippen LogP contribution is -2.24. The molecule has 1 N–H and O–H groups in total. The minimum absolute atomic E-state index is 0.150. The minimum Gasteiger partial charge on any atom is -0.310 e. The van der Waals surface area contributed by atoms with Gasteiger partial charge in [-0.05, 0) is 49.1 Å². The molecule has 0 radical (unpaired) electrons. The highest BCUT2D eigenvalue weighted by molar-refractivity contribution is 6.32. The number of hydrogen-bond donors (Lipinski definition) is 1. The molecule has 2 aromatic rings. The topological polar surface area (TPSA) is 24.9 Å². The zero-order valence-corrected chi connectivity index (χ0v) is 13.9. The van der Waals surface area contributed by atoms with E-state index in [9.17, 15) is 0 Å². The number of hydrogen-bond acceptors (Lipinski definition) is 2. The predicted molar refractivity (Wildman–Crippen MR) is 90.2 cm³/mol. The van der Waals surface area contributed by atoms with Crippen molar-refractivity contribution in [3.05, 3.63) is 63.4 Å². The third-order valence-electron chi connectivity index (χ3n) is 3.52. The Balaban J connectivity index is 2.30. The van der Waals surface area contributed by atoms with E-state index >= 15 is 0 Å². The molecule has 21 heavy (non-hydrogen) atoms. The molecule has 1 heterocycles. The maximum Gasteiger partial charge on any atom is 0.0622 e. The molecule has 1 aromatic carbocycles. The van der Waals surface area contributed by atoms with Crippen LogP contribution in [-0.2, 0) is 6.42 Å². The molecule has 4 heteroatoms. The van der Waals surface area contributed by atoms with Gasteiger partial charge in [0.1, 0.15) is 0 Å². The van der Waals surface area contributed by atoms with Gasteiger partial charge >= 0.3 is 0 Å². The van der Waals surface area contributed by atoms with E-state index < -0.39 is 0 Å². The first kappa shape index (κ1) is 16.3. The average molecular weight is 323 g/mol. The van der Waals surface area contributed by atoms with Gasteiger partial charge in [0.25, 0.3) is 0 Å². The van der Waals surface area contributed by atoms with Crippen LogP contribution in [0.3, 0.4) is 0 Å². The van der Waals surface area contributed by atoms with Gasteiger partial charge in [0, 0.05) is 23.5 Å². The molecule has 2 rings (SSSR count). The second-order valence-corrected chi connectivity index (χ2v) is 5.94. The molecule has 112 valence electrons. The Morgan fingerprint density at radius 3 is 2.76 bits per heavy atom. The Morgan fingerprint density at radius 1 is 1.24 bits per heavy atom. The maximum absolute atomic E-state index is 6.49. The highest BCUT2D eigenvalue weighted by Crippen LogP contribution is 2.29. The van der Waals surface area contributed by atoms with Crippen LogP contribution in [0.25, 0.3) is 0 Å². The highest BCUT2D eigenvalue weighted by Gasteiger charge is 2.17. The fourth-order valence-electron chi connectivity index (χ4n) is 2.34. The molecule has 0 aliphatic heterocycles. The number of rotatable bonds is 6. The molecule has 0 bridgehead atoms. The Labute approximate surface area is 136 Å². The van der Waals surface area contributed by atoms with Crippen LogP contribution in [0.15, 0.2) is 36.7 Å². The van der Waals surface area contributed by atoms with E-state index in [0.29, 0.717) is 5.02 Å². The zero-order valence-electron chi connectivity index (χ0n) is 12.4. The highest BCUT2D eigenvalue weighted by atomic mass is 35.5. The monoisotopic (exact) mass is 322 g/mol. The molecule has 0 amide bonds. The van der Waals surface area contributed by atoms with Crippen molar-refractivity contribution in [2.75, 3.05) is 6.54 Å². The van der Waals surface area contributed by atoms with Crippen molar-refractivity contribution in [1.29, 1.82) is 0 Å². The smallest absolute Gasteiger partial charge is 0.0622 e. The number of pyridine rings is 1. The normalized spacial score (nSPS) is 12.4. The van der Waals surface area contributed by atoms with E-state index in [4.69, 9.17) is 23.2 Å². The van der Waals surface area contributed by atoms with Gasteiger partial charge in [-0.1, -0.05) is 48.3 Å². The van der Waals surface area contributed by atoms with Crippen molar-refractivity contribution < 1.29 is 0 Å². The van der Waals surface area contributed by atoms with Crippen LogP contribution in [0.1, 0.15) is 36.1 Å². The molecule has 0 spiro atoms. The molecular weight excluding hydrogens is 303 g/mol. The van der Waals surface area contributed by atoms with Crippen LogP contribution in [0.5, 0.6) is 0 Å². The lowest BCUT2D eigenvalue weighted by molar-refractivity contribution is 0.529. The van der Waals surface area contributed by atoms with E-state index in [1.807, 2.05) is 25.1 Å². The first-order valence-electron chi connectivity index (χ1n) is 7.20. The minimum atomic E-state index is 0.150. The molecule has 1 unspecified atom stereocenters. The summed E-state index contributed by atoms with van der Waals surface area (Å²) in [4.78, 5) is 4.04. The number of nitrogens with one attached hydrogen (secondary N) is 1. The van der Waals surface area contributed by atoms with Crippen molar-refractivity contribution in [3.8, 4) is 0 Å². The van der Waals surface area contributed by atoms with Gasteiger partial charge in [-0.25, -0.2) is 0 Å². The molecule has 0 saturated carbocycles. The lowest BCUT2D eigenvalue weighted by atomic mass is 9.97. The van der Waals surface area contributed by atoms with Gasteiger partial charge in [0.05, 0.1) is 5.02 Å². The van der Waals surface area contributed by atoms with E-state index in [1.54, 1.807) is 12.4 Å². The Kier molecular flexibility index (Phi) is 6.04. The van der Waals surface area contributed by atoms with Gasteiger partial charge in [-0.15, -0.1) is 0 Å². The molecule has 0 fully saturated rings. The summed E-state index contributed by atoms with van der Waals surface area (Å²) in [6.45, 7) is 5.13. The molecule has 1 aromatic heterocycles. The summed E-state index contributed by atoms with van der Waals surface area (Å²) in [6.07, 6.45) is 5.33. The standard InChI is InChI=1S/C17H20Cl2N2/c1-3-8-21-16(10-13-7-9-20-11-15(13)18)14-6-4-5-12(2)17(14)19/h4-7,9,11,16,21H,3,8,10H2,1-2H3. The summed E-state index contributed by atoms with van der Waals surface area (Å²) in [5.41, 5.74) is 3.30. The molecule has 0 aliphatic carbocycles. The summed E-state index contributed by atoms with van der Waals surface area (Å²) in [5, 5.41) is 5.09. The number of aryl methyl sites for hydroxylation is 1. The van der Waals surface area contributed by atoms with Crippen LogP contribution in [0.4, 0.5) is 0 Å². The van der Waals surface area contributed by atoms with Crippen LogP contribution in [0.2, 0.25) is 10.0 Å². The first-order chi connectivity index (χ1) is 10.1. The van der Waals surface area contributed by atoms with E-state index in [2.05, 4.69) is 23.3 Å². The predicted octanol–water partition coefficient (Wildman–Crippen LogP) is 4.98. The zero-order chi connectivity index (χ0) is 15.2. The SMILES string of the molecule is CCCNC(Cc1ccncc1Cl)c1cccc(C)c1Cl. The van der Waals surface area contributed by atoms with Crippen molar-refractivity contribution in [3.63, 3.8) is 0 Å². The Hall–Kier alpha value is -1.09. The van der Waals surface area contributed by atoms with E-state index in [1.165, 1.54) is 0 Å². The van der Waals surface area contributed by atoms with Gasteiger partial charge < -0.3 is 5.32 Å². The number of aromatic nitrogens is 1. The fraction of sp³-hybridized carbons (Fsp3) is 0.353. The Morgan fingerprint density at radius 2 is 2.05 bits per heavy atom. The fourth-order valence-corrected chi connectivity index (χ4v) is 2.79. The largest absolute Gasteiger partial charge is 0.310 e. The van der Waals surface area contributed by atoms with Gasteiger partial charge in [-0.3, -0.25) is 4.98 Å². The summed E-state index contributed by atoms with van der Waals surface area (Å²) in [6, 6.07) is 8.27.